The van der Waals surface area contributed by atoms with Gasteiger partial charge in [-0.1, -0.05) is 40.2 Å². The normalized spacial score (nSPS) is 19.3. The first-order chi connectivity index (χ1) is 12.7. The number of amides is 1. The molecule has 26 heavy (non-hydrogen) atoms. The number of ether oxygens (including phenoxy) is 1. The van der Waals surface area contributed by atoms with Crippen LogP contribution in [0.25, 0.3) is 0 Å². The van der Waals surface area contributed by atoms with Gasteiger partial charge in [-0.05, 0) is 48.1 Å². The molecule has 1 fully saturated rings. The molecule has 2 aliphatic rings. The second kappa shape index (κ2) is 7.80. The first-order valence-electron chi connectivity index (χ1n) is 9.20. The number of hydrogen-bond donors (Lipinski definition) is 1. The number of benzene rings is 2. The fourth-order valence-corrected chi connectivity index (χ4v) is 4.33. The Bertz CT molecular complexity index is 802. The number of halogens is 1. The third-order valence-electron chi connectivity index (χ3n) is 5.27. The average molecular weight is 415 g/mol. The van der Waals surface area contributed by atoms with E-state index in [1.807, 2.05) is 12.1 Å². The summed E-state index contributed by atoms with van der Waals surface area (Å²) in [4.78, 5) is 15.0. The predicted molar refractivity (Wildman–Crippen MR) is 108 cm³/mol. The van der Waals surface area contributed by atoms with Crippen LogP contribution in [0.1, 0.15) is 29.9 Å². The molecule has 4 rings (SSSR count). The minimum absolute atomic E-state index is 0.0827. The molecule has 1 amide bonds. The molecule has 0 spiro atoms. The highest BCUT2D eigenvalue weighted by Gasteiger charge is 2.25. The second-order valence-corrected chi connectivity index (χ2v) is 7.86. The van der Waals surface area contributed by atoms with Crippen LogP contribution in [0.15, 0.2) is 46.9 Å². The van der Waals surface area contributed by atoms with Crippen LogP contribution in [0, 0.1) is 0 Å². The number of hydrogen-bond acceptors (Lipinski definition) is 3. The summed E-state index contributed by atoms with van der Waals surface area (Å²) < 4.78 is 6.42. The third kappa shape index (κ3) is 3.79. The highest BCUT2D eigenvalue weighted by atomic mass is 79.9. The van der Waals surface area contributed by atoms with Gasteiger partial charge in [0, 0.05) is 24.0 Å². The number of carbonyl (C=O) groups is 1. The standard InChI is InChI=1S/C21H23BrN2O2/c22-17-7-8-20(24-9-11-26-12-10-24)19(14-17)23-21(25)13-16-6-5-15-3-1-2-4-18(15)16/h1-4,7-8,14,16H,5-6,9-13H2,(H,23,25). The first-order valence-corrected chi connectivity index (χ1v) is 10.00. The summed E-state index contributed by atoms with van der Waals surface area (Å²) in [7, 11) is 0. The van der Waals surface area contributed by atoms with Gasteiger partial charge in [-0.2, -0.15) is 0 Å². The minimum Gasteiger partial charge on any atom is -0.378 e. The molecule has 0 aromatic heterocycles. The smallest absolute Gasteiger partial charge is 0.225 e. The van der Waals surface area contributed by atoms with E-state index >= 15 is 0 Å². The van der Waals surface area contributed by atoms with Crippen molar-refractivity contribution in [3.8, 4) is 0 Å². The quantitative estimate of drug-likeness (QED) is 0.808. The van der Waals surface area contributed by atoms with Gasteiger partial charge in [0.1, 0.15) is 0 Å². The van der Waals surface area contributed by atoms with Crippen molar-refractivity contribution in [2.75, 3.05) is 36.5 Å². The fourth-order valence-electron chi connectivity index (χ4n) is 3.97. The second-order valence-electron chi connectivity index (χ2n) is 6.95. The lowest BCUT2D eigenvalue weighted by Gasteiger charge is -2.30. The van der Waals surface area contributed by atoms with Gasteiger partial charge in [0.15, 0.2) is 0 Å². The molecule has 1 saturated heterocycles. The van der Waals surface area contributed by atoms with Gasteiger partial charge in [0.2, 0.25) is 5.91 Å². The Morgan fingerprint density at radius 3 is 2.85 bits per heavy atom. The summed E-state index contributed by atoms with van der Waals surface area (Å²) >= 11 is 3.53. The summed E-state index contributed by atoms with van der Waals surface area (Å²) in [5.74, 6) is 0.407. The number of anilines is 2. The zero-order chi connectivity index (χ0) is 17.9. The van der Waals surface area contributed by atoms with Gasteiger partial charge in [-0.25, -0.2) is 0 Å². The monoisotopic (exact) mass is 414 g/mol. The van der Waals surface area contributed by atoms with Crippen molar-refractivity contribution in [3.05, 3.63) is 58.1 Å². The van der Waals surface area contributed by atoms with Crippen molar-refractivity contribution in [3.63, 3.8) is 0 Å². The van der Waals surface area contributed by atoms with Crippen LogP contribution in [0.4, 0.5) is 11.4 Å². The molecule has 5 heteroatoms. The summed E-state index contributed by atoms with van der Waals surface area (Å²) in [6.07, 6.45) is 2.66. The Labute approximate surface area is 162 Å². The van der Waals surface area contributed by atoms with E-state index in [-0.39, 0.29) is 5.91 Å². The molecule has 1 N–H and O–H groups in total. The maximum absolute atomic E-state index is 12.8. The molecule has 0 bridgehead atoms. The molecule has 1 aliphatic heterocycles. The summed E-state index contributed by atoms with van der Waals surface area (Å²) in [5.41, 5.74) is 4.67. The molecule has 0 radical (unpaired) electrons. The van der Waals surface area contributed by atoms with Gasteiger partial charge >= 0.3 is 0 Å². The number of carbonyl (C=O) groups excluding carboxylic acids is 1. The van der Waals surface area contributed by atoms with Crippen molar-refractivity contribution in [1.82, 2.24) is 0 Å². The van der Waals surface area contributed by atoms with Crippen LogP contribution in [0.3, 0.4) is 0 Å². The lowest BCUT2D eigenvalue weighted by Crippen LogP contribution is -2.36. The maximum Gasteiger partial charge on any atom is 0.225 e. The molecule has 1 unspecified atom stereocenters. The van der Waals surface area contributed by atoms with E-state index in [1.165, 1.54) is 11.1 Å². The Kier molecular flexibility index (Phi) is 5.27. The zero-order valence-electron chi connectivity index (χ0n) is 14.7. The zero-order valence-corrected chi connectivity index (χ0v) is 16.3. The number of nitrogens with one attached hydrogen (secondary N) is 1. The molecule has 2 aromatic rings. The van der Waals surface area contributed by atoms with Gasteiger partial charge in [-0.15, -0.1) is 0 Å². The Balaban J connectivity index is 1.48. The Morgan fingerprint density at radius 2 is 2.00 bits per heavy atom. The molecular formula is C21H23BrN2O2. The van der Waals surface area contributed by atoms with Crippen molar-refractivity contribution >= 4 is 33.2 Å². The third-order valence-corrected chi connectivity index (χ3v) is 5.77. The van der Waals surface area contributed by atoms with E-state index in [9.17, 15) is 4.79 Å². The van der Waals surface area contributed by atoms with Crippen LogP contribution in [0.2, 0.25) is 0 Å². The number of morpholine rings is 1. The van der Waals surface area contributed by atoms with E-state index in [0.717, 1.165) is 55.0 Å². The van der Waals surface area contributed by atoms with Gasteiger partial charge in [-0.3, -0.25) is 4.79 Å². The largest absolute Gasteiger partial charge is 0.378 e. The molecule has 4 nitrogen and oxygen atoms in total. The molecule has 136 valence electrons. The van der Waals surface area contributed by atoms with Crippen LogP contribution in [0.5, 0.6) is 0 Å². The summed E-state index contributed by atoms with van der Waals surface area (Å²) in [6.45, 7) is 3.14. The van der Waals surface area contributed by atoms with Gasteiger partial charge in [0.05, 0.1) is 24.6 Å². The van der Waals surface area contributed by atoms with E-state index in [1.54, 1.807) is 0 Å². The fraction of sp³-hybridized carbons (Fsp3) is 0.381. The predicted octanol–water partition coefficient (Wildman–Crippen LogP) is 4.34. The van der Waals surface area contributed by atoms with Crippen molar-refractivity contribution in [2.45, 2.75) is 25.2 Å². The highest BCUT2D eigenvalue weighted by molar-refractivity contribution is 9.10. The Morgan fingerprint density at radius 1 is 1.19 bits per heavy atom. The number of aryl methyl sites for hydroxylation is 1. The molecule has 0 saturated carbocycles. The van der Waals surface area contributed by atoms with E-state index in [2.05, 4.69) is 56.5 Å². The van der Waals surface area contributed by atoms with Crippen molar-refractivity contribution in [2.24, 2.45) is 0 Å². The lowest BCUT2D eigenvalue weighted by atomic mass is 9.97. The van der Waals surface area contributed by atoms with Crippen LogP contribution >= 0.6 is 15.9 Å². The first kappa shape index (κ1) is 17.6. The topological polar surface area (TPSA) is 41.6 Å². The van der Waals surface area contributed by atoms with E-state index < -0.39 is 0 Å². The molecule has 1 heterocycles. The molecule has 1 aliphatic carbocycles. The van der Waals surface area contributed by atoms with Crippen LogP contribution < -0.4 is 10.2 Å². The lowest BCUT2D eigenvalue weighted by molar-refractivity contribution is -0.116. The van der Waals surface area contributed by atoms with Crippen LogP contribution in [-0.2, 0) is 16.0 Å². The van der Waals surface area contributed by atoms with Crippen molar-refractivity contribution in [1.29, 1.82) is 0 Å². The SMILES string of the molecule is O=C(CC1CCc2ccccc21)Nc1cc(Br)ccc1N1CCOCC1. The number of nitrogens with zero attached hydrogens (tertiary/aromatic N) is 1. The highest BCUT2D eigenvalue weighted by Crippen LogP contribution is 2.36. The number of fused-ring (bicyclic) bond motifs is 1. The Hall–Kier alpha value is -1.85. The molecule has 1 atom stereocenters. The summed E-state index contributed by atoms with van der Waals surface area (Å²) in [5, 5.41) is 3.15. The van der Waals surface area contributed by atoms with E-state index in [4.69, 9.17) is 4.74 Å². The van der Waals surface area contributed by atoms with Crippen LogP contribution in [-0.4, -0.2) is 32.2 Å². The minimum atomic E-state index is 0.0827. The molecule has 2 aromatic carbocycles. The number of rotatable bonds is 4. The summed E-state index contributed by atoms with van der Waals surface area (Å²) in [6, 6.07) is 14.6. The average Bonchev–Trinajstić information content (AvgIpc) is 3.05. The maximum atomic E-state index is 12.8. The van der Waals surface area contributed by atoms with E-state index in [0.29, 0.717) is 12.3 Å². The van der Waals surface area contributed by atoms with Crippen molar-refractivity contribution < 1.29 is 9.53 Å². The van der Waals surface area contributed by atoms with Gasteiger partial charge in [0.25, 0.3) is 0 Å². The molecular weight excluding hydrogens is 392 g/mol. The van der Waals surface area contributed by atoms with Gasteiger partial charge < -0.3 is 15.0 Å².